The van der Waals surface area contributed by atoms with Gasteiger partial charge in [0.2, 0.25) is 0 Å². The number of carbonyl (C=O) groups is 2. The summed E-state index contributed by atoms with van der Waals surface area (Å²) in [7, 11) is 5.23. The molecule has 2 aromatic rings. The van der Waals surface area contributed by atoms with Crippen molar-refractivity contribution in [2.45, 2.75) is 31.8 Å². The first-order valence-corrected chi connectivity index (χ1v) is 10.1. The molecule has 7 heteroatoms. The maximum absolute atomic E-state index is 13.0. The van der Waals surface area contributed by atoms with Crippen molar-refractivity contribution < 1.29 is 24.0 Å². The molecule has 0 aromatic heterocycles. The number of urea groups is 1. The van der Waals surface area contributed by atoms with E-state index in [0.717, 1.165) is 27.5 Å². The minimum absolute atomic E-state index is 0.171. The van der Waals surface area contributed by atoms with Gasteiger partial charge in [0.1, 0.15) is 23.6 Å². The number of aryl methyl sites for hydroxylation is 1. The number of ether oxygens (including phenoxy) is 2. The van der Waals surface area contributed by atoms with Gasteiger partial charge in [-0.1, -0.05) is 12.1 Å². The minimum atomic E-state index is -0.891. The van der Waals surface area contributed by atoms with E-state index in [9.17, 15) is 9.59 Å². The first-order valence-electron chi connectivity index (χ1n) is 10.1. The van der Waals surface area contributed by atoms with Crippen LogP contribution in [-0.4, -0.2) is 50.3 Å². The second-order valence-corrected chi connectivity index (χ2v) is 7.98. The predicted octanol–water partition coefficient (Wildman–Crippen LogP) is 1.62. The molecule has 0 aliphatic carbocycles. The molecule has 1 fully saturated rings. The van der Waals surface area contributed by atoms with Gasteiger partial charge in [0.25, 0.3) is 5.91 Å². The minimum Gasteiger partial charge on any atom is -0.497 e. The van der Waals surface area contributed by atoms with Crippen LogP contribution in [0.2, 0.25) is 0 Å². The van der Waals surface area contributed by atoms with Crippen molar-refractivity contribution in [1.82, 2.24) is 10.2 Å². The summed E-state index contributed by atoms with van der Waals surface area (Å²) in [6.07, 6.45) is 1.23. The molecular weight excluding hydrogens is 382 g/mol. The number of amides is 3. The van der Waals surface area contributed by atoms with Crippen LogP contribution in [0.25, 0.3) is 0 Å². The molecule has 160 valence electrons. The van der Waals surface area contributed by atoms with Crippen molar-refractivity contribution in [3.63, 3.8) is 0 Å². The second kappa shape index (κ2) is 9.17. The molecule has 3 amide bonds. The summed E-state index contributed by atoms with van der Waals surface area (Å²) < 4.78 is 10.4. The molecule has 2 atom stereocenters. The van der Waals surface area contributed by atoms with Crippen molar-refractivity contribution in [3.8, 4) is 11.5 Å². The molecule has 1 aliphatic heterocycles. The number of nitrogens with one attached hydrogen (secondary N) is 2. The topological polar surface area (TPSA) is 72.3 Å². The molecule has 2 aromatic carbocycles. The monoisotopic (exact) mass is 412 g/mol. The summed E-state index contributed by atoms with van der Waals surface area (Å²) in [4.78, 5) is 27.9. The number of rotatable bonds is 9. The summed E-state index contributed by atoms with van der Waals surface area (Å²) in [6.45, 7) is 2.81. The molecule has 0 saturated carbocycles. The number of imide groups is 1. The molecule has 30 heavy (non-hydrogen) atoms. The number of methoxy groups -OCH3 is 2. The van der Waals surface area contributed by atoms with Crippen molar-refractivity contribution in [2.24, 2.45) is 0 Å². The zero-order valence-electron chi connectivity index (χ0n) is 18.0. The SMILES string of the molecule is COc1ccc(CC[C@@]2(C)NC(=O)N(C[NH+](C)Cc3ccc(OC)cc3)C2=O)cc1. The Hall–Kier alpha value is -3.06. The highest BCUT2D eigenvalue weighted by molar-refractivity contribution is 6.06. The van der Waals surface area contributed by atoms with Gasteiger partial charge in [-0.3, -0.25) is 4.79 Å². The Balaban J connectivity index is 1.58. The van der Waals surface area contributed by atoms with Gasteiger partial charge in [-0.15, -0.1) is 0 Å². The summed E-state index contributed by atoms with van der Waals surface area (Å²) in [5.41, 5.74) is 1.32. The molecule has 1 aliphatic rings. The lowest BCUT2D eigenvalue weighted by Crippen LogP contribution is -3.09. The number of carbonyl (C=O) groups excluding carboxylic acids is 2. The Morgan fingerprint density at radius 1 is 0.933 bits per heavy atom. The maximum Gasteiger partial charge on any atom is 0.329 e. The van der Waals surface area contributed by atoms with Crippen LogP contribution >= 0.6 is 0 Å². The maximum atomic E-state index is 13.0. The van der Waals surface area contributed by atoms with E-state index in [1.165, 1.54) is 4.90 Å². The Morgan fingerprint density at radius 3 is 2.00 bits per heavy atom. The van der Waals surface area contributed by atoms with Crippen molar-refractivity contribution in [1.29, 1.82) is 0 Å². The molecule has 0 radical (unpaired) electrons. The van der Waals surface area contributed by atoms with Gasteiger partial charge in [-0.25, -0.2) is 9.69 Å². The molecule has 2 N–H and O–H groups in total. The standard InChI is InChI=1S/C23H29N3O4/c1-23(14-13-17-5-9-19(29-3)10-6-17)21(27)26(22(28)24-23)16-25(2)15-18-7-11-20(30-4)12-8-18/h5-12H,13-16H2,1-4H3,(H,24,28)/p+1/t23-/m1/s1. The average molecular weight is 413 g/mol. The fourth-order valence-corrected chi connectivity index (χ4v) is 3.66. The zero-order chi connectivity index (χ0) is 21.7. The summed E-state index contributed by atoms with van der Waals surface area (Å²) >= 11 is 0. The van der Waals surface area contributed by atoms with E-state index < -0.39 is 5.54 Å². The Labute approximate surface area is 177 Å². The summed E-state index contributed by atoms with van der Waals surface area (Å²) in [5, 5.41) is 2.89. The van der Waals surface area contributed by atoms with E-state index in [-0.39, 0.29) is 11.9 Å². The molecule has 0 spiro atoms. The highest BCUT2D eigenvalue weighted by Crippen LogP contribution is 2.23. The first kappa shape index (κ1) is 21.6. The van der Waals surface area contributed by atoms with E-state index in [4.69, 9.17) is 9.47 Å². The molecule has 7 nitrogen and oxygen atoms in total. The predicted molar refractivity (Wildman–Crippen MR) is 114 cm³/mol. The van der Waals surface area contributed by atoms with Crippen LogP contribution in [0.5, 0.6) is 11.5 Å². The lowest BCUT2D eigenvalue weighted by atomic mass is 9.93. The molecule has 1 heterocycles. The third-order valence-corrected chi connectivity index (χ3v) is 5.51. The van der Waals surface area contributed by atoms with Crippen LogP contribution in [0.4, 0.5) is 4.79 Å². The van der Waals surface area contributed by atoms with Gasteiger partial charge in [-0.2, -0.15) is 0 Å². The highest BCUT2D eigenvalue weighted by Gasteiger charge is 2.48. The van der Waals surface area contributed by atoms with Crippen LogP contribution in [-0.2, 0) is 17.8 Å². The molecule has 1 saturated heterocycles. The van der Waals surface area contributed by atoms with Crippen molar-refractivity contribution in [3.05, 3.63) is 59.7 Å². The van der Waals surface area contributed by atoms with Gasteiger partial charge >= 0.3 is 6.03 Å². The van der Waals surface area contributed by atoms with Gasteiger partial charge < -0.3 is 19.7 Å². The largest absolute Gasteiger partial charge is 0.497 e. The molecule has 3 rings (SSSR count). The van der Waals surface area contributed by atoms with Crippen LogP contribution in [0.15, 0.2) is 48.5 Å². The number of nitrogens with zero attached hydrogens (tertiary/aromatic N) is 1. The normalized spacial score (nSPS) is 19.5. The smallest absolute Gasteiger partial charge is 0.329 e. The van der Waals surface area contributed by atoms with Gasteiger partial charge in [0, 0.05) is 5.56 Å². The Kier molecular flexibility index (Phi) is 6.62. The van der Waals surface area contributed by atoms with E-state index >= 15 is 0 Å². The molecular formula is C23H30N3O4+. The van der Waals surface area contributed by atoms with Crippen LogP contribution in [0.3, 0.4) is 0 Å². The molecule has 0 bridgehead atoms. The van der Waals surface area contributed by atoms with Crippen molar-refractivity contribution >= 4 is 11.9 Å². The Bertz CT molecular complexity index is 882. The fourth-order valence-electron chi connectivity index (χ4n) is 3.66. The quantitative estimate of drug-likeness (QED) is 0.614. The van der Waals surface area contributed by atoms with Gasteiger partial charge in [0.15, 0.2) is 6.67 Å². The van der Waals surface area contributed by atoms with Crippen molar-refractivity contribution in [2.75, 3.05) is 27.9 Å². The number of hydrogen-bond acceptors (Lipinski definition) is 4. The number of hydrogen-bond donors (Lipinski definition) is 2. The second-order valence-electron chi connectivity index (χ2n) is 7.98. The van der Waals surface area contributed by atoms with Crippen LogP contribution in [0, 0.1) is 0 Å². The van der Waals surface area contributed by atoms with E-state index in [0.29, 0.717) is 26.1 Å². The number of benzene rings is 2. The van der Waals surface area contributed by atoms with E-state index in [1.807, 2.05) is 55.6 Å². The summed E-state index contributed by atoms with van der Waals surface area (Å²) in [6, 6.07) is 15.2. The van der Waals surface area contributed by atoms with E-state index in [1.54, 1.807) is 21.1 Å². The average Bonchev–Trinajstić information content (AvgIpc) is 2.96. The molecule has 1 unspecified atom stereocenters. The fraction of sp³-hybridized carbons (Fsp3) is 0.391. The van der Waals surface area contributed by atoms with Crippen LogP contribution < -0.4 is 19.7 Å². The third-order valence-electron chi connectivity index (χ3n) is 5.51. The Morgan fingerprint density at radius 2 is 1.47 bits per heavy atom. The summed E-state index contributed by atoms with van der Waals surface area (Å²) in [5.74, 6) is 1.43. The lowest BCUT2D eigenvalue weighted by molar-refractivity contribution is -0.901. The highest BCUT2D eigenvalue weighted by atomic mass is 16.5. The lowest BCUT2D eigenvalue weighted by Gasteiger charge is -2.23. The number of quaternary nitrogens is 1. The van der Waals surface area contributed by atoms with Crippen LogP contribution in [0.1, 0.15) is 24.5 Å². The van der Waals surface area contributed by atoms with Gasteiger partial charge in [0.05, 0.1) is 21.3 Å². The first-order chi connectivity index (χ1) is 14.3. The van der Waals surface area contributed by atoms with E-state index in [2.05, 4.69) is 5.32 Å². The van der Waals surface area contributed by atoms with Gasteiger partial charge in [-0.05, 0) is 61.7 Å². The third kappa shape index (κ3) is 4.91. The zero-order valence-corrected chi connectivity index (χ0v) is 18.0.